The Kier molecular flexibility index (Phi) is 7.29. The molecule has 0 aliphatic heterocycles. The summed E-state index contributed by atoms with van der Waals surface area (Å²) in [6.45, 7) is 4.12. The Morgan fingerprint density at radius 3 is 2.24 bits per heavy atom. The summed E-state index contributed by atoms with van der Waals surface area (Å²) in [4.78, 5) is 23.8. The molecule has 0 radical (unpaired) electrons. The molecule has 0 aromatic heterocycles. The average molecular weight is 309 g/mol. The van der Waals surface area contributed by atoms with E-state index in [1.54, 1.807) is 0 Å². The molecule has 1 amide bonds. The van der Waals surface area contributed by atoms with E-state index in [9.17, 15) is 9.59 Å². The minimum Gasteiger partial charge on any atom is -0.469 e. The molecule has 21 heavy (non-hydrogen) atoms. The summed E-state index contributed by atoms with van der Waals surface area (Å²) < 4.78 is 4.64. The van der Waals surface area contributed by atoms with Crippen molar-refractivity contribution in [3.63, 3.8) is 0 Å². The summed E-state index contributed by atoms with van der Waals surface area (Å²) in [5, 5.41) is 2.56. The highest BCUT2D eigenvalue weighted by Gasteiger charge is 2.22. The molecule has 0 saturated carbocycles. The highest BCUT2D eigenvalue weighted by atomic mass is 32.2. The number of rotatable bonds is 7. The number of nitrogens with one attached hydrogen (secondary N) is 1. The molecular weight excluding hydrogens is 286 g/mol. The second kappa shape index (κ2) is 8.72. The number of carbonyl (C=O) groups is 2. The van der Waals surface area contributed by atoms with Crippen LogP contribution in [-0.4, -0.2) is 30.5 Å². The number of thioether (sulfide) groups is 1. The van der Waals surface area contributed by atoms with Crippen molar-refractivity contribution in [2.24, 2.45) is 0 Å². The molecule has 1 N–H and O–H groups in total. The Labute approximate surface area is 130 Å². The summed E-state index contributed by atoms with van der Waals surface area (Å²) >= 11 is 1.36. The molecule has 0 saturated heterocycles. The lowest BCUT2D eigenvalue weighted by Crippen LogP contribution is -2.28. The number of carbonyl (C=O) groups excluding carboxylic acids is 2. The van der Waals surface area contributed by atoms with Crippen molar-refractivity contribution in [2.45, 2.75) is 38.4 Å². The number of esters is 1. The summed E-state index contributed by atoms with van der Waals surface area (Å²) in [6, 6.07) is 6.04. The highest BCUT2D eigenvalue weighted by Crippen LogP contribution is 2.24. The zero-order chi connectivity index (χ0) is 15.8. The normalized spacial score (nSPS) is 11.8. The van der Waals surface area contributed by atoms with Crippen molar-refractivity contribution in [3.8, 4) is 0 Å². The summed E-state index contributed by atoms with van der Waals surface area (Å²) in [5.74, 6) is -0.521. The minimum absolute atomic E-state index is 0.0826. The van der Waals surface area contributed by atoms with Crippen LogP contribution >= 0.6 is 11.8 Å². The molecule has 0 aliphatic rings. The molecule has 0 heterocycles. The maximum absolute atomic E-state index is 12.4. The molecule has 116 valence electrons. The minimum atomic E-state index is -0.438. The largest absolute Gasteiger partial charge is 0.469 e. The second-order valence-electron chi connectivity index (χ2n) is 4.65. The first-order valence-corrected chi connectivity index (χ1v) is 8.37. The molecule has 5 heteroatoms. The number of hydrogen-bond donors (Lipinski definition) is 1. The molecule has 0 bridgehead atoms. The van der Waals surface area contributed by atoms with Crippen molar-refractivity contribution in [2.75, 3.05) is 18.7 Å². The fourth-order valence-electron chi connectivity index (χ4n) is 2.12. The standard InChI is InChI=1S/C16H23NO3S/c1-5-11-8-7-9-12(6-2)15(11)17-16(19)13(21-4)10-14(18)20-3/h7-9,13H,5-6,10H2,1-4H3,(H,17,19). The second-order valence-corrected chi connectivity index (χ2v) is 5.69. The average Bonchev–Trinajstić information content (AvgIpc) is 2.52. The maximum Gasteiger partial charge on any atom is 0.307 e. The fourth-order valence-corrected chi connectivity index (χ4v) is 2.70. The van der Waals surface area contributed by atoms with Gasteiger partial charge in [0.25, 0.3) is 0 Å². The molecule has 0 fully saturated rings. The monoisotopic (exact) mass is 309 g/mol. The van der Waals surface area contributed by atoms with Crippen LogP contribution in [0.15, 0.2) is 18.2 Å². The van der Waals surface area contributed by atoms with Gasteiger partial charge in [0.1, 0.15) is 0 Å². The molecule has 0 spiro atoms. The van der Waals surface area contributed by atoms with Gasteiger partial charge < -0.3 is 10.1 Å². The SMILES string of the molecule is CCc1cccc(CC)c1NC(=O)C(CC(=O)OC)SC. The number of benzene rings is 1. The zero-order valence-electron chi connectivity index (χ0n) is 13.1. The van der Waals surface area contributed by atoms with Gasteiger partial charge in [0.15, 0.2) is 0 Å². The number of anilines is 1. The molecule has 0 aliphatic carbocycles. The Bertz CT molecular complexity index is 480. The van der Waals surface area contributed by atoms with Crippen LogP contribution in [0, 0.1) is 0 Å². The molecule has 1 aromatic carbocycles. The van der Waals surface area contributed by atoms with Gasteiger partial charge in [-0.3, -0.25) is 9.59 Å². The Morgan fingerprint density at radius 1 is 1.24 bits per heavy atom. The predicted octanol–water partition coefficient (Wildman–Crippen LogP) is 3.04. The van der Waals surface area contributed by atoms with Gasteiger partial charge in [-0.15, -0.1) is 0 Å². The van der Waals surface area contributed by atoms with Gasteiger partial charge in [0.05, 0.1) is 18.8 Å². The van der Waals surface area contributed by atoms with E-state index in [4.69, 9.17) is 0 Å². The van der Waals surface area contributed by atoms with Crippen molar-refractivity contribution >= 4 is 29.3 Å². The molecule has 1 rings (SSSR count). The molecule has 1 unspecified atom stereocenters. The van der Waals surface area contributed by atoms with Crippen LogP contribution in [0.25, 0.3) is 0 Å². The van der Waals surface area contributed by atoms with Crippen molar-refractivity contribution in [3.05, 3.63) is 29.3 Å². The Hall–Kier alpha value is -1.49. The van der Waals surface area contributed by atoms with Crippen LogP contribution in [-0.2, 0) is 27.2 Å². The first kappa shape index (κ1) is 17.6. The summed E-state index contributed by atoms with van der Waals surface area (Å²) in [6.07, 6.45) is 3.60. The number of ether oxygens (including phenoxy) is 1. The summed E-state index contributed by atoms with van der Waals surface area (Å²) in [5.41, 5.74) is 3.11. The lowest BCUT2D eigenvalue weighted by molar-refractivity contribution is -0.141. The van der Waals surface area contributed by atoms with E-state index < -0.39 is 5.25 Å². The number of methoxy groups -OCH3 is 1. The summed E-state index contributed by atoms with van der Waals surface area (Å²) in [7, 11) is 1.33. The topological polar surface area (TPSA) is 55.4 Å². The lowest BCUT2D eigenvalue weighted by atomic mass is 10.0. The van der Waals surface area contributed by atoms with Crippen molar-refractivity contribution < 1.29 is 14.3 Å². The van der Waals surface area contributed by atoms with Crippen LogP contribution < -0.4 is 5.32 Å². The van der Waals surface area contributed by atoms with E-state index in [1.165, 1.54) is 18.9 Å². The van der Waals surface area contributed by atoms with Gasteiger partial charge in [0, 0.05) is 5.69 Å². The third kappa shape index (κ3) is 4.77. The smallest absolute Gasteiger partial charge is 0.307 e. The predicted molar refractivity (Wildman–Crippen MR) is 87.8 cm³/mol. The first-order chi connectivity index (χ1) is 10.1. The van der Waals surface area contributed by atoms with Crippen molar-refractivity contribution in [1.29, 1.82) is 0 Å². The fraction of sp³-hybridized carbons (Fsp3) is 0.500. The highest BCUT2D eigenvalue weighted by molar-refractivity contribution is 8.00. The van der Waals surface area contributed by atoms with Crippen LogP contribution in [0.4, 0.5) is 5.69 Å². The third-order valence-electron chi connectivity index (χ3n) is 3.40. The van der Waals surface area contributed by atoms with Crippen molar-refractivity contribution in [1.82, 2.24) is 0 Å². The number of hydrogen-bond acceptors (Lipinski definition) is 4. The Morgan fingerprint density at radius 2 is 1.81 bits per heavy atom. The lowest BCUT2D eigenvalue weighted by Gasteiger charge is -2.18. The van der Waals surface area contributed by atoms with Gasteiger partial charge in [-0.2, -0.15) is 11.8 Å². The van der Waals surface area contributed by atoms with E-state index in [2.05, 4.69) is 23.9 Å². The number of aryl methyl sites for hydroxylation is 2. The van der Waals surface area contributed by atoms with E-state index in [-0.39, 0.29) is 18.3 Å². The zero-order valence-corrected chi connectivity index (χ0v) is 13.9. The maximum atomic E-state index is 12.4. The number of amides is 1. The van der Waals surface area contributed by atoms with Crippen LogP contribution in [0.5, 0.6) is 0 Å². The van der Waals surface area contributed by atoms with Crippen LogP contribution in [0.1, 0.15) is 31.4 Å². The third-order valence-corrected chi connectivity index (χ3v) is 4.35. The number of para-hydroxylation sites is 1. The van der Waals surface area contributed by atoms with Gasteiger partial charge >= 0.3 is 5.97 Å². The van der Waals surface area contributed by atoms with E-state index in [0.717, 1.165) is 29.7 Å². The van der Waals surface area contributed by atoms with Crippen LogP contribution in [0.2, 0.25) is 0 Å². The molecule has 1 aromatic rings. The van der Waals surface area contributed by atoms with Gasteiger partial charge in [-0.05, 0) is 30.2 Å². The van der Waals surface area contributed by atoms with E-state index in [1.807, 2.05) is 24.5 Å². The Balaban J connectivity index is 2.93. The molecular formula is C16H23NO3S. The van der Waals surface area contributed by atoms with Crippen LogP contribution in [0.3, 0.4) is 0 Å². The quantitative estimate of drug-likeness (QED) is 0.787. The molecule has 1 atom stereocenters. The van der Waals surface area contributed by atoms with Gasteiger partial charge in [0.2, 0.25) is 5.91 Å². The van der Waals surface area contributed by atoms with Gasteiger partial charge in [-0.25, -0.2) is 0 Å². The first-order valence-electron chi connectivity index (χ1n) is 7.08. The van der Waals surface area contributed by atoms with Gasteiger partial charge in [-0.1, -0.05) is 32.0 Å². The molecule has 4 nitrogen and oxygen atoms in total. The van der Waals surface area contributed by atoms with E-state index in [0.29, 0.717) is 0 Å². The van der Waals surface area contributed by atoms with E-state index >= 15 is 0 Å².